The average molecular weight is 539 g/mol. The Hall–Kier alpha value is -4.41. The monoisotopic (exact) mass is 538 g/mol. The topological polar surface area (TPSA) is 160 Å². The van der Waals surface area contributed by atoms with Gasteiger partial charge < -0.3 is 30.2 Å². The number of rotatable bonds is 9. The normalized spacial score (nSPS) is 13.0. The molecule has 0 spiro atoms. The number of alkyl carbamates (subject to hydrolysis) is 1. The van der Waals surface area contributed by atoms with Crippen LogP contribution < -0.4 is 21.6 Å². The molecule has 11 nitrogen and oxygen atoms in total. The van der Waals surface area contributed by atoms with Gasteiger partial charge in [-0.1, -0.05) is 30.3 Å². The number of aromatic nitrogens is 1. The highest BCUT2D eigenvalue weighted by Crippen LogP contribution is 2.23. The van der Waals surface area contributed by atoms with Gasteiger partial charge in [0.05, 0.1) is 16.8 Å². The van der Waals surface area contributed by atoms with Crippen LogP contribution in [0, 0.1) is 12.8 Å². The van der Waals surface area contributed by atoms with Gasteiger partial charge >= 0.3 is 17.7 Å². The molecule has 208 valence electrons. The van der Waals surface area contributed by atoms with Crippen LogP contribution in [0.3, 0.4) is 0 Å². The fourth-order valence-electron chi connectivity index (χ4n) is 3.99. The van der Waals surface area contributed by atoms with Gasteiger partial charge in [0.25, 0.3) is 6.01 Å². The minimum atomic E-state index is -1.49. The first-order chi connectivity index (χ1) is 18.2. The third-order valence-electron chi connectivity index (χ3n) is 5.58. The van der Waals surface area contributed by atoms with Crippen molar-refractivity contribution >= 4 is 40.6 Å². The third-order valence-corrected chi connectivity index (χ3v) is 5.58. The summed E-state index contributed by atoms with van der Waals surface area (Å²) in [5, 5.41) is 18.4. The Balaban J connectivity index is 1.98. The van der Waals surface area contributed by atoms with Crippen molar-refractivity contribution in [1.29, 1.82) is 0 Å². The Morgan fingerprint density at radius 3 is 2.36 bits per heavy atom. The number of hydrogen-bond donors (Lipinski definition) is 4. The zero-order valence-corrected chi connectivity index (χ0v) is 22.8. The van der Waals surface area contributed by atoms with Crippen LogP contribution in [0.4, 0.5) is 16.5 Å². The van der Waals surface area contributed by atoms with Gasteiger partial charge in [0.1, 0.15) is 11.6 Å². The molecule has 0 saturated heterocycles. The van der Waals surface area contributed by atoms with Crippen molar-refractivity contribution in [3.05, 3.63) is 64.0 Å². The van der Waals surface area contributed by atoms with E-state index in [9.17, 15) is 24.3 Å². The van der Waals surface area contributed by atoms with Crippen LogP contribution in [0.5, 0.6) is 0 Å². The molecule has 0 aliphatic carbocycles. The van der Waals surface area contributed by atoms with E-state index in [0.717, 1.165) is 0 Å². The molecule has 3 aromatic rings. The SMILES string of the molecule is Cc1cc(NC(=O)[C@@H](NC(=O)OC(C)(C)C)C(Cc2ccccc2)C(=O)O)cc2nc(NC(C)C)oc(=O)c12. The van der Waals surface area contributed by atoms with E-state index in [-0.39, 0.29) is 35.1 Å². The number of nitrogens with zero attached hydrogens (tertiary/aromatic N) is 1. The van der Waals surface area contributed by atoms with Crippen molar-refractivity contribution in [3.8, 4) is 0 Å². The number of ether oxygens (including phenoxy) is 1. The molecule has 1 aromatic heterocycles. The molecule has 39 heavy (non-hydrogen) atoms. The maximum absolute atomic E-state index is 13.5. The van der Waals surface area contributed by atoms with Gasteiger partial charge in [-0.3, -0.25) is 9.59 Å². The van der Waals surface area contributed by atoms with Gasteiger partial charge in [0, 0.05) is 11.7 Å². The highest BCUT2D eigenvalue weighted by Gasteiger charge is 2.36. The maximum Gasteiger partial charge on any atom is 0.408 e. The summed E-state index contributed by atoms with van der Waals surface area (Å²) in [7, 11) is 0. The van der Waals surface area contributed by atoms with Crippen molar-refractivity contribution in [3.63, 3.8) is 0 Å². The van der Waals surface area contributed by atoms with Crippen LogP contribution in [0.1, 0.15) is 45.7 Å². The predicted molar refractivity (Wildman–Crippen MR) is 147 cm³/mol. The molecule has 11 heteroatoms. The van der Waals surface area contributed by atoms with Crippen LogP contribution in [-0.4, -0.2) is 45.7 Å². The second-order valence-corrected chi connectivity index (χ2v) is 10.5. The lowest BCUT2D eigenvalue weighted by molar-refractivity contribution is -0.144. The number of benzene rings is 2. The molecule has 0 bridgehead atoms. The van der Waals surface area contributed by atoms with Crippen molar-refractivity contribution < 1.29 is 28.6 Å². The molecular formula is C28H34N4O7. The molecule has 0 fully saturated rings. The summed E-state index contributed by atoms with van der Waals surface area (Å²) in [5.74, 6) is -3.35. The molecule has 2 atom stereocenters. The molecule has 3 rings (SSSR count). The van der Waals surface area contributed by atoms with E-state index in [0.29, 0.717) is 11.1 Å². The van der Waals surface area contributed by atoms with Crippen molar-refractivity contribution in [2.45, 2.75) is 65.6 Å². The molecule has 2 aromatic carbocycles. The number of carbonyl (C=O) groups is 3. The van der Waals surface area contributed by atoms with Crippen LogP contribution >= 0.6 is 0 Å². The van der Waals surface area contributed by atoms with Gasteiger partial charge in [-0.15, -0.1) is 0 Å². The van der Waals surface area contributed by atoms with Crippen molar-refractivity contribution in [2.75, 3.05) is 10.6 Å². The molecule has 0 radical (unpaired) electrons. The minimum absolute atomic E-state index is 0.0202. The first-order valence-electron chi connectivity index (χ1n) is 12.5. The quantitative estimate of drug-likeness (QED) is 0.315. The van der Waals surface area contributed by atoms with Crippen molar-refractivity contribution in [1.82, 2.24) is 10.3 Å². The van der Waals surface area contributed by atoms with Crippen LogP contribution in [0.25, 0.3) is 10.9 Å². The number of hydrogen-bond acceptors (Lipinski definition) is 8. The minimum Gasteiger partial charge on any atom is -0.481 e. The molecule has 1 unspecified atom stereocenters. The number of amides is 2. The van der Waals surface area contributed by atoms with E-state index in [4.69, 9.17) is 9.15 Å². The van der Waals surface area contributed by atoms with E-state index in [1.807, 2.05) is 13.8 Å². The van der Waals surface area contributed by atoms with Gasteiger partial charge in [-0.2, -0.15) is 4.98 Å². The highest BCUT2D eigenvalue weighted by atomic mass is 16.6. The molecular weight excluding hydrogens is 504 g/mol. The Bertz CT molecular complexity index is 1410. The zero-order valence-electron chi connectivity index (χ0n) is 22.8. The van der Waals surface area contributed by atoms with Crippen LogP contribution in [0.15, 0.2) is 51.7 Å². The second kappa shape index (κ2) is 12.0. The van der Waals surface area contributed by atoms with Crippen molar-refractivity contribution in [2.24, 2.45) is 5.92 Å². The fourth-order valence-corrected chi connectivity index (χ4v) is 3.99. The Labute approximate surface area is 226 Å². The number of carbonyl (C=O) groups excluding carboxylic acids is 2. The molecule has 0 saturated carbocycles. The smallest absolute Gasteiger partial charge is 0.408 e. The summed E-state index contributed by atoms with van der Waals surface area (Å²) < 4.78 is 10.5. The number of carboxylic acid groups (broad SMARTS) is 1. The number of aryl methyl sites for hydroxylation is 1. The largest absolute Gasteiger partial charge is 0.481 e. The highest BCUT2D eigenvalue weighted by molar-refractivity contribution is 6.00. The first-order valence-corrected chi connectivity index (χ1v) is 12.5. The fraction of sp³-hybridized carbons (Fsp3) is 0.393. The molecule has 4 N–H and O–H groups in total. The van der Waals surface area contributed by atoms with E-state index >= 15 is 0 Å². The number of anilines is 2. The van der Waals surface area contributed by atoms with Crippen LogP contribution in [-0.2, 0) is 20.7 Å². The van der Waals surface area contributed by atoms with Gasteiger partial charge in [-0.05, 0) is 71.2 Å². The third kappa shape index (κ3) is 8.03. The van der Waals surface area contributed by atoms with Gasteiger partial charge in [0.15, 0.2) is 0 Å². The lowest BCUT2D eigenvalue weighted by Gasteiger charge is -2.27. The Morgan fingerprint density at radius 1 is 1.10 bits per heavy atom. The van der Waals surface area contributed by atoms with E-state index in [1.165, 1.54) is 6.07 Å². The Kier molecular flexibility index (Phi) is 8.95. The number of aliphatic carboxylic acids is 1. The van der Waals surface area contributed by atoms with E-state index in [1.54, 1.807) is 64.1 Å². The van der Waals surface area contributed by atoms with E-state index < -0.39 is 41.2 Å². The lowest BCUT2D eigenvalue weighted by atomic mass is 9.91. The Morgan fingerprint density at radius 2 is 1.77 bits per heavy atom. The number of fused-ring (bicyclic) bond motifs is 1. The zero-order chi connectivity index (χ0) is 28.9. The lowest BCUT2D eigenvalue weighted by Crippen LogP contribution is -2.52. The summed E-state index contributed by atoms with van der Waals surface area (Å²) in [5.41, 5.74) is 0.260. The first kappa shape index (κ1) is 29.2. The number of nitrogens with one attached hydrogen (secondary N) is 3. The standard InChI is InChI=1S/C28H34N4O7/c1-15(2)29-26-31-20-14-18(12-16(3)21(20)25(36)38-26)30-23(33)22(32-27(37)39-28(4,5)6)19(24(34)35)13-17-10-8-7-9-11-17/h7-12,14-15,19,22H,13H2,1-6H3,(H,29,31)(H,30,33)(H,32,37)(H,34,35)/t19?,22-/m0/s1. The molecule has 0 aliphatic heterocycles. The molecule has 1 heterocycles. The summed E-state index contributed by atoms with van der Waals surface area (Å²) in [6.45, 7) is 10.4. The molecule has 2 amide bonds. The summed E-state index contributed by atoms with van der Waals surface area (Å²) in [6.07, 6.45) is -0.950. The maximum atomic E-state index is 13.5. The average Bonchev–Trinajstić information content (AvgIpc) is 2.79. The predicted octanol–water partition coefficient (Wildman–Crippen LogP) is 4.09. The van der Waals surface area contributed by atoms with E-state index in [2.05, 4.69) is 20.9 Å². The summed E-state index contributed by atoms with van der Waals surface area (Å²) in [4.78, 5) is 55.4. The molecule has 0 aliphatic rings. The van der Waals surface area contributed by atoms with Gasteiger partial charge in [-0.25, -0.2) is 9.59 Å². The summed E-state index contributed by atoms with van der Waals surface area (Å²) >= 11 is 0. The van der Waals surface area contributed by atoms with Gasteiger partial charge in [0.2, 0.25) is 5.91 Å². The second-order valence-electron chi connectivity index (χ2n) is 10.5. The van der Waals surface area contributed by atoms with Crippen LogP contribution in [0.2, 0.25) is 0 Å². The number of carboxylic acids is 1. The summed E-state index contributed by atoms with van der Waals surface area (Å²) in [6, 6.07) is 10.3.